The molecular formula is C15H13BrN4. The summed E-state index contributed by atoms with van der Waals surface area (Å²) < 4.78 is 3.31. The molecule has 1 aliphatic heterocycles. The number of hydrogen-bond donors (Lipinski definition) is 1. The van der Waals surface area contributed by atoms with Crippen LogP contribution in [0.1, 0.15) is 5.82 Å². The van der Waals surface area contributed by atoms with E-state index < -0.39 is 0 Å². The van der Waals surface area contributed by atoms with Crippen LogP contribution in [-0.4, -0.2) is 21.3 Å². The summed E-state index contributed by atoms with van der Waals surface area (Å²) >= 11 is 3.51. The van der Waals surface area contributed by atoms with Gasteiger partial charge in [-0.3, -0.25) is 0 Å². The first-order valence-corrected chi connectivity index (χ1v) is 7.43. The van der Waals surface area contributed by atoms with E-state index in [4.69, 9.17) is 0 Å². The maximum absolute atomic E-state index is 4.36. The molecule has 1 aromatic heterocycles. The van der Waals surface area contributed by atoms with Crippen LogP contribution in [0.2, 0.25) is 0 Å². The first-order valence-electron chi connectivity index (χ1n) is 6.64. The van der Waals surface area contributed by atoms with E-state index in [1.54, 1.807) is 0 Å². The van der Waals surface area contributed by atoms with Crippen LogP contribution in [0.4, 0.5) is 0 Å². The lowest BCUT2D eigenvalue weighted by Gasteiger charge is -2.16. The normalized spacial score (nSPS) is 14.4. The van der Waals surface area contributed by atoms with Gasteiger partial charge in [0.25, 0.3) is 0 Å². The van der Waals surface area contributed by atoms with Crippen LogP contribution in [0.15, 0.2) is 40.9 Å². The molecule has 4 rings (SSSR count). The fraction of sp³-hybridized carbons (Fsp3) is 0.200. The molecule has 5 heteroatoms. The maximum atomic E-state index is 4.36. The van der Waals surface area contributed by atoms with E-state index in [2.05, 4.69) is 72.4 Å². The number of nitrogens with zero attached hydrogens (tertiary/aromatic N) is 3. The van der Waals surface area contributed by atoms with Crippen molar-refractivity contribution in [3.05, 3.63) is 46.7 Å². The Labute approximate surface area is 125 Å². The summed E-state index contributed by atoms with van der Waals surface area (Å²) in [7, 11) is 0. The molecule has 100 valence electrons. The van der Waals surface area contributed by atoms with Gasteiger partial charge < -0.3 is 9.88 Å². The number of halogens is 1. The van der Waals surface area contributed by atoms with Gasteiger partial charge in [-0.05, 0) is 29.0 Å². The van der Waals surface area contributed by atoms with Crippen molar-refractivity contribution in [3.63, 3.8) is 0 Å². The minimum atomic E-state index is 0.799. The molecule has 0 amide bonds. The molecule has 0 saturated heterocycles. The van der Waals surface area contributed by atoms with Crippen LogP contribution < -0.4 is 5.32 Å². The number of rotatable bonds is 1. The average molecular weight is 329 g/mol. The predicted octanol–water partition coefficient (Wildman–Crippen LogP) is 2.96. The summed E-state index contributed by atoms with van der Waals surface area (Å²) in [6.45, 7) is 2.70. The Morgan fingerprint density at radius 2 is 1.90 bits per heavy atom. The van der Waals surface area contributed by atoms with E-state index in [1.165, 1.54) is 10.8 Å². The molecule has 0 unspecified atom stereocenters. The quantitative estimate of drug-likeness (QED) is 0.746. The molecule has 0 radical (unpaired) electrons. The van der Waals surface area contributed by atoms with Gasteiger partial charge in [0.05, 0.1) is 6.54 Å². The Hall–Kier alpha value is -1.72. The van der Waals surface area contributed by atoms with Crippen LogP contribution in [-0.2, 0) is 13.1 Å². The van der Waals surface area contributed by atoms with Crippen molar-refractivity contribution in [2.75, 3.05) is 6.54 Å². The molecule has 4 nitrogen and oxygen atoms in total. The summed E-state index contributed by atoms with van der Waals surface area (Å²) in [6.07, 6.45) is 0. The van der Waals surface area contributed by atoms with Crippen molar-refractivity contribution in [3.8, 4) is 11.4 Å². The fourth-order valence-corrected chi connectivity index (χ4v) is 3.04. The summed E-state index contributed by atoms with van der Waals surface area (Å²) in [5.41, 5.74) is 1.13. The minimum absolute atomic E-state index is 0.799. The lowest BCUT2D eigenvalue weighted by Crippen LogP contribution is -2.28. The van der Waals surface area contributed by atoms with Gasteiger partial charge in [0, 0.05) is 23.1 Å². The lowest BCUT2D eigenvalue weighted by molar-refractivity contribution is 0.508. The van der Waals surface area contributed by atoms with Crippen LogP contribution in [0, 0.1) is 0 Å². The Morgan fingerprint density at radius 3 is 2.85 bits per heavy atom. The van der Waals surface area contributed by atoms with Crippen molar-refractivity contribution in [1.82, 2.24) is 20.1 Å². The largest absolute Gasteiger partial charge is 0.309 e. The van der Waals surface area contributed by atoms with Crippen molar-refractivity contribution in [2.24, 2.45) is 0 Å². The average Bonchev–Trinajstić information content (AvgIpc) is 2.91. The molecule has 20 heavy (non-hydrogen) atoms. The number of hydrogen-bond acceptors (Lipinski definition) is 3. The molecule has 2 heterocycles. The summed E-state index contributed by atoms with van der Waals surface area (Å²) in [6, 6.07) is 12.8. The highest BCUT2D eigenvalue weighted by Gasteiger charge is 2.16. The number of benzene rings is 2. The molecule has 0 fully saturated rings. The minimum Gasteiger partial charge on any atom is -0.309 e. The van der Waals surface area contributed by atoms with Gasteiger partial charge in [0.15, 0.2) is 5.82 Å². The van der Waals surface area contributed by atoms with Gasteiger partial charge in [0.1, 0.15) is 5.82 Å². The first kappa shape index (κ1) is 12.1. The summed E-state index contributed by atoms with van der Waals surface area (Å²) in [5.74, 6) is 1.98. The zero-order chi connectivity index (χ0) is 13.5. The second kappa shape index (κ2) is 4.68. The van der Waals surface area contributed by atoms with Crippen molar-refractivity contribution in [2.45, 2.75) is 13.1 Å². The van der Waals surface area contributed by atoms with Gasteiger partial charge >= 0.3 is 0 Å². The summed E-state index contributed by atoms with van der Waals surface area (Å²) in [5, 5.41) is 14.4. The third kappa shape index (κ3) is 1.94. The molecule has 0 saturated carbocycles. The Balaban J connectivity index is 1.86. The molecule has 1 N–H and O–H groups in total. The van der Waals surface area contributed by atoms with Crippen molar-refractivity contribution in [1.29, 1.82) is 0 Å². The third-order valence-corrected chi connectivity index (χ3v) is 4.18. The van der Waals surface area contributed by atoms with Gasteiger partial charge in [-0.15, -0.1) is 10.2 Å². The highest BCUT2D eigenvalue weighted by molar-refractivity contribution is 9.10. The Bertz CT molecular complexity index is 794. The monoisotopic (exact) mass is 328 g/mol. The zero-order valence-electron chi connectivity index (χ0n) is 10.8. The molecule has 2 aromatic carbocycles. The van der Waals surface area contributed by atoms with Gasteiger partial charge in [0.2, 0.25) is 0 Å². The van der Waals surface area contributed by atoms with Gasteiger partial charge in [-0.2, -0.15) is 0 Å². The van der Waals surface area contributed by atoms with Crippen molar-refractivity contribution < 1.29 is 0 Å². The third-order valence-electron chi connectivity index (χ3n) is 3.68. The summed E-state index contributed by atoms with van der Waals surface area (Å²) in [4.78, 5) is 0. The zero-order valence-corrected chi connectivity index (χ0v) is 12.4. The fourth-order valence-electron chi connectivity index (χ4n) is 2.66. The molecular weight excluding hydrogens is 316 g/mol. The number of nitrogens with one attached hydrogen (secondary N) is 1. The maximum Gasteiger partial charge on any atom is 0.164 e. The molecule has 1 aliphatic rings. The van der Waals surface area contributed by atoms with Gasteiger partial charge in [-0.1, -0.05) is 34.1 Å². The number of fused-ring (bicyclic) bond motifs is 2. The first-order chi connectivity index (χ1) is 9.81. The predicted molar refractivity (Wildman–Crippen MR) is 82.4 cm³/mol. The molecule has 0 spiro atoms. The van der Waals surface area contributed by atoms with Gasteiger partial charge in [-0.25, -0.2) is 0 Å². The smallest absolute Gasteiger partial charge is 0.164 e. The topological polar surface area (TPSA) is 42.7 Å². The van der Waals surface area contributed by atoms with E-state index in [-0.39, 0.29) is 0 Å². The van der Waals surface area contributed by atoms with Crippen LogP contribution in [0.5, 0.6) is 0 Å². The van der Waals surface area contributed by atoms with E-state index in [1.807, 2.05) is 0 Å². The Morgan fingerprint density at radius 1 is 1.05 bits per heavy atom. The standard InChI is InChI=1S/C15H13BrN4/c16-13-4-3-10-7-12(2-1-11(10)8-13)15-19-18-14-9-17-5-6-20(14)15/h1-4,7-8,17H,5-6,9H2. The van der Waals surface area contributed by atoms with E-state index >= 15 is 0 Å². The van der Waals surface area contributed by atoms with Crippen LogP contribution in [0.25, 0.3) is 22.2 Å². The van der Waals surface area contributed by atoms with E-state index in [0.29, 0.717) is 0 Å². The molecule has 0 aliphatic carbocycles. The number of aromatic nitrogens is 3. The van der Waals surface area contributed by atoms with E-state index in [9.17, 15) is 0 Å². The van der Waals surface area contributed by atoms with Crippen LogP contribution in [0.3, 0.4) is 0 Å². The second-order valence-electron chi connectivity index (χ2n) is 4.97. The molecule has 3 aromatic rings. The van der Waals surface area contributed by atoms with E-state index in [0.717, 1.165) is 41.3 Å². The van der Waals surface area contributed by atoms with Crippen molar-refractivity contribution >= 4 is 26.7 Å². The highest BCUT2D eigenvalue weighted by Crippen LogP contribution is 2.26. The molecule has 0 bridgehead atoms. The SMILES string of the molecule is Brc1ccc2cc(-c3nnc4n3CCNC4)ccc2c1. The van der Waals surface area contributed by atoms with Crippen LogP contribution >= 0.6 is 15.9 Å². The second-order valence-corrected chi connectivity index (χ2v) is 5.89. The highest BCUT2D eigenvalue weighted by atomic mass is 79.9. The lowest BCUT2D eigenvalue weighted by atomic mass is 10.1. The molecule has 0 atom stereocenters. The Kier molecular flexibility index (Phi) is 2.82.